The summed E-state index contributed by atoms with van der Waals surface area (Å²) < 4.78 is 0. The maximum Gasteiger partial charge on any atom is 1.00 e. The molecule has 0 saturated carbocycles. The summed E-state index contributed by atoms with van der Waals surface area (Å²) in [5.74, 6) is 0.112. The van der Waals surface area contributed by atoms with Gasteiger partial charge in [-0.05, 0) is 31.9 Å². The van der Waals surface area contributed by atoms with E-state index < -0.39 is 0 Å². The van der Waals surface area contributed by atoms with Crippen LogP contribution in [0.2, 0.25) is 0 Å². The van der Waals surface area contributed by atoms with Gasteiger partial charge in [0.25, 0.3) is 0 Å². The normalized spacial score (nSPS) is 9.72. The molecule has 2 aromatic rings. The van der Waals surface area contributed by atoms with Gasteiger partial charge < -0.3 is 1.43 Å². The second-order valence-electron chi connectivity index (χ2n) is 4.47. The van der Waals surface area contributed by atoms with Crippen molar-refractivity contribution in [2.75, 3.05) is 0 Å². The van der Waals surface area contributed by atoms with E-state index in [9.17, 15) is 4.79 Å². The molecule has 0 N–H and O–H groups in total. The van der Waals surface area contributed by atoms with Crippen molar-refractivity contribution >= 4 is 5.78 Å². The largest absolute Gasteiger partial charge is 1.00 e. The Morgan fingerprint density at radius 2 is 1.44 bits per heavy atom. The molecule has 2 rings (SSSR count). The second-order valence-corrected chi connectivity index (χ2v) is 4.47. The molecule has 2 heteroatoms. The van der Waals surface area contributed by atoms with Gasteiger partial charge in [0.2, 0.25) is 0 Å². The zero-order valence-corrected chi connectivity index (χ0v) is 11.4. The molecule has 0 aromatic heterocycles. The minimum Gasteiger partial charge on any atom is -1.00 e. The van der Waals surface area contributed by atoms with Crippen molar-refractivity contribution in [2.45, 2.75) is 20.8 Å². The van der Waals surface area contributed by atoms with Crippen LogP contribution in [0.1, 0.15) is 34.0 Å². The summed E-state index contributed by atoms with van der Waals surface area (Å²) in [7, 11) is 0. The molecular weight excluding hydrogens is 215 g/mol. The second kappa shape index (κ2) is 6.05. The van der Waals surface area contributed by atoms with Crippen LogP contribution in [0, 0.1) is 20.8 Å². The van der Waals surface area contributed by atoms with Gasteiger partial charge in [0, 0.05) is 11.1 Å². The summed E-state index contributed by atoms with van der Waals surface area (Å²) in [5.41, 5.74) is 4.89. The fourth-order valence-corrected chi connectivity index (χ4v) is 2.27. The zero-order valence-electron chi connectivity index (χ0n) is 12.4. The van der Waals surface area contributed by atoms with Crippen LogP contribution in [0.4, 0.5) is 0 Å². The predicted octanol–water partition coefficient (Wildman–Crippen LogP) is 0.959. The number of ketones is 1. The number of benzene rings is 2. The Kier molecular flexibility index (Phi) is 4.96. The Morgan fingerprint density at radius 3 is 1.94 bits per heavy atom. The van der Waals surface area contributed by atoms with Gasteiger partial charge in [-0.1, -0.05) is 48.0 Å². The molecule has 0 radical (unpaired) electrons. The number of carbonyl (C=O) groups excluding carboxylic acids is 1. The molecule has 0 spiro atoms. The molecule has 0 heterocycles. The quantitative estimate of drug-likeness (QED) is 0.557. The Bertz CT molecular complexity index is 541. The molecular formula is C16H17LiO. The SMILES string of the molecule is Cc1cc(C)c(C(=O)c2ccccc2)c(C)c1.[H-].[Li+]. The third kappa shape index (κ3) is 2.93. The van der Waals surface area contributed by atoms with Gasteiger partial charge in [0.05, 0.1) is 0 Å². The Morgan fingerprint density at radius 1 is 0.944 bits per heavy atom. The maximum atomic E-state index is 12.4. The van der Waals surface area contributed by atoms with E-state index in [1.807, 2.05) is 44.2 Å². The van der Waals surface area contributed by atoms with E-state index in [0.717, 1.165) is 22.3 Å². The molecule has 2 aromatic carbocycles. The van der Waals surface area contributed by atoms with E-state index in [-0.39, 0.29) is 26.1 Å². The van der Waals surface area contributed by atoms with Crippen LogP contribution in [0.3, 0.4) is 0 Å². The van der Waals surface area contributed by atoms with Crippen LogP contribution >= 0.6 is 0 Å². The molecule has 88 valence electrons. The zero-order chi connectivity index (χ0) is 12.4. The van der Waals surface area contributed by atoms with E-state index in [0.29, 0.717) is 0 Å². The predicted molar refractivity (Wildman–Crippen MR) is 71.6 cm³/mol. The van der Waals surface area contributed by atoms with Crippen LogP contribution in [0.5, 0.6) is 0 Å². The van der Waals surface area contributed by atoms with Crippen molar-refractivity contribution in [1.29, 1.82) is 0 Å². The van der Waals surface area contributed by atoms with Crippen LogP contribution in [-0.2, 0) is 0 Å². The average Bonchev–Trinajstić information content (AvgIpc) is 2.28. The minimum atomic E-state index is 0. The maximum absolute atomic E-state index is 12.4. The topological polar surface area (TPSA) is 17.1 Å². The number of rotatable bonds is 2. The van der Waals surface area contributed by atoms with Gasteiger partial charge in [-0.25, -0.2) is 0 Å². The van der Waals surface area contributed by atoms with Crippen molar-refractivity contribution in [3.8, 4) is 0 Å². The van der Waals surface area contributed by atoms with Crippen LogP contribution in [0.15, 0.2) is 42.5 Å². The molecule has 0 aliphatic carbocycles. The Balaban J connectivity index is 0.00000162. The summed E-state index contributed by atoms with van der Waals surface area (Å²) in [6.07, 6.45) is 0. The van der Waals surface area contributed by atoms with Gasteiger partial charge in [0.1, 0.15) is 0 Å². The van der Waals surface area contributed by atoms with E-state index in [1.54, 1.807) is 0 Å². The van der Waals surface area contributed by atoms with Gasteiger partial charge >= 0.3 is 18.9 Å². The standard InChI is InChI=1S/C16H16O.Li.H/c1-11-9-12(2)15(13(3)10-11)16(17)14-7-5-4-6-8-14;;/h4-10H,1-3H3;;/q;+1;-1. The summed E-state index contributed by atoms with van der Waals surface area (Å²) in [6.45, 7) is 6.04. The molecule has 0 bridgehead atoms. The van der Waals surface area contributed by atoms with Crippen molar-refractivity contribution in [2.24, 2.45) is 0 Å². The first-order chi connectivity index (χ1) is 8.09. The van der Waals surface area contributed by atoms with E-state index in [4.69, 9.17) is 0 Å². The van der Waals surface area contributed by atoms with Gasteiger partial charge in [-0.15, -0.1) is 0 Å². The molecule has 0 amide bonds. The molecule has 0 aliphatic heterocycles. The Hall–Kier alpha value is -1.29. The van der Waals surface area contributed by atoms with E-state index in [2.05, 4.69) is 19.1 Å². The Labute approximate surface area is 122 Å². The van der Waals surface area contributed by atoms with Gasteiger partial charge in [-0.3, -0.25) is 4.79 Å². The number of carbonyl (C=O) groups is 1. The number of hydrogen-bond acceptors (Lipinski definition) is 1. The smallest absolute Gasteiger partial charge is 1.00 e. The van der Waals surface area contributed by atoms with Crippen molar-refractivity contribution < 1.29 is 25.1 Å². The van der Waals surface area contributed by atoms with Crippen molar-refractivity contribution in [3.63, 3.8) is 0 Å². The van der Waals surface area contributed by atoms with Gasteiger partial charge in [0.15, 0.2) is 5.78 Å². The summed E-state index contributed by atoms with van der Waals surface area (Å²) in [5, 5.41) is 0. The first-order valence-electron chi connectivity index (χ1n) is 5.77. The number of aryl methyl sites for hydroxylation is 3. The third-order valence-corrected chi connectivity index (χ3v) is 2.94. The minimum absolute atomic E-state index is 0. The fourth-order valence-electron chi connectivity index (χ4n) is 2.27. The molecule has 1 nitrogen and oxygen atoms in total. The van der Waals surface area contributed by atoms with E-state index in [1.165, 1.54) is 5.56 Å². The van der Waals surface area contributed by atoms with Crippen molar-refractivity contribution in [1.82, 2.24) is 0 Å². The average molecular weight is 232 g/mol. The van der Waals surface area contributed by atoms with Crippen LogP contribution in [0.25, 0.3) is 0 Å². The van der Waals surface area contributed by atoms with Crippen LogP contribution in [-0.4, -0.2) is 5.78 Å². The first-order valence-corrected chi connectivity index (χ1v) is 5.77. The first kappa shape index (κ1) is 14.8. The van der Waals surface area contributed by atoms with Crippen molar-refractivity contribution in [3.05, 3.63) is 70.3 Å². The van der Waals surface area contributed by atoms with E-state index >= 15 is 0 Å². The molecule has 0 saturated heterocycles. The summed E-state index contributed by atoms with van der Waals surface area (Å²) >= 11 is 0. The summed E-state index contributed by atoms with van der Waals surface area (Å²) in [6, 6.07) is 13.6. The molecule has 0 unspecified atom stereocenters. The molecule has 0 aliphatic rings. The number of hydrogen-bond donors (Lipinski definition) is 0. The summed E-state index contributed by atoms with van der Waals surface area (Å²) in [4.78, 5) is 12.4. The van der Waals surface area contributed by atoms with Gasteiger partial charge in [-0.2, -0.15) is 0 Å². The monoisotopic (exact) mass is 232 g/mol. The fraction of sp³-hybridized carbons (Fsp3) is 0.188. The molecule has 0 fully saturated rings. The molecule has 0 atom stereocenters. The third-order valence-electron chi connectivity index (χ3n) is 2.94. The van der Waals surface area contributed by atoms with Crippen LogP contribution < -0.4 is 18.9 Å². The molecule has 18 heavy (non-hydrogen) atoms.